The highest BCUT2D eigenvalue weighted by atomic mass is 35.7. The molecule has 21 heavy (non-hydrogen) atoms. The normalized spacial score (nSPS) is 11.6. The van der Waals surface area contributed by atoms with E-state index in [1.807, 2.05) is 0 Å². The monoisotopic (exact) mass is 332 g/mol. The van der Waals surface area contributed by atoms with Crippen molar-refractivity contribution in [3.63, 3.8) is 0 Å². The molecule has 2 aromatic rings. The molecule has 0 saturated heterocycles. The van der Waals surface area contributed by atoms with Gasteiger partial charge in [0.2, 0.25) is 0 Å². The molecule has 0 heterocycles. The summed E-state index contributed by atoms with van der Waals surface area (Å²) in [5.74, 6) is 0.172. The fraction of sp³-hybridized carbons (Fsp3) is 0.143. The molecule has 0 aliphatic heterocycles. The number of halogens is 3. The van der Waals surface area contributed by atoms with Gasteiger partial charge in [0.15, 0.2) is 0 Å². The van der Waals surface area contributed by atoms with Gasteiger partial charge in [-0.2, -0.15) is 0 Å². The Morgan fingerprint density at radius 1 is 1.10 bits per heavy atom. The molecule has 0 fully saturated rings. The predicted molar refractivity (Wildman–Crippen MR) is 76.4 cm³/mol. The van der Waals surface area contributed by atoms with Gasteiger partial charge >= 0.3 is 0 Å². The summed E-state index contributed by atoms with van der Waals surface area (Å²) in [5.41, 5.74) is 1.03. The van der Waals surface area contributed by atoms with Crippen molar-refractivity contribution >= 4 is 19.7 Å². The molecule has 112 valence electrons. The summed E-state index contributed by atoms with van der Waals surface area (Å²) < 4.78 is 52.4. The van der Waals surface area contributed by atoms with Gasteiger partial charge in [-0.1, -0.05) is 30.3 Å². The van der Waals surface area contributed by atoms with Gasteiger partial charge in [0.25, 0.3) is 15.5 Å². The van der Waals surface area contributed by atoms with Crippen LogP contribution in [0.1, 0.15) is 0 Å². The van der Waals surface area contributed by atoms with Gasteiger partial charge in [-0.15, -0.1) is 0 Å². The summed E-state index contributed by atoms with van der Waals surface area (Å²) in [6.07, 6.45) is -2.62. The minimum Gasteiger partial charge on any atom is -0.487 e. The second-order valence-corrected chi connectivity index (χ2v) is 6.73. The molecule has 0 saturated carbocycles. The van der Waals surface area contributed by atoms with Crippen LogP contribution in [0.15, 0.2) is 53.4 Å². The average molecular weight is 333 g/mol. The van der Waals surface area contributed by atoms with Crippen LogP contribution in [-0.2, 0) is 9.05 Å². The highest BCUT2D eigenvalue weighted by molar-refractivity contribution is 8.13. The maximum absolute atomic E-state index is 12.3. The third-order valence-corrected chi connectivity index (χ3v) is 4.03. The highest BCUT2D eigenvalue weighted by Crippen LogP contribution is 2.33. The molecule has 0 amide bonds. The van der Waals surface area contributed by atoms with Gasteiger partial charge in [-0.3, -0.25) is 0 Å². The number of ether oxygens (including phenoxy) is 1. The molecule has 0 spiro atoms. The number of hydrogen-bond donors (Lipinski definition) is 0. The van der Waals surface area contributed by atoms with Crippen LogP contribution in [0.4, 0.5) is 8.78 Å². The van der Waals surface area contributed by atoms with Gasteiger partial charge in [-0.25, -0.2) is 17.2 Å². The first-order chi connectivity index (χ1) is 9.88. The van der Waals surface area contributed by atoms with Gasteiger partial charge in [0.1, 0.15) is 12.4 Å². The predicted octanol–water partition coefficient (Wildman–Crippen LogP) is 3.93. The van der Waals surface area contributed by atoms with E-state index < -0.39 is 22.1 Å². The van der Waals surface area contributed by atoms with Crippen LogP contribution in [0, 0.1) is 0 Å². The van der Waals surface area contributed by atoms with Crippen molar-refractivity contribution in [2.45, 2.75) is 11.3 Å². The van der Waals surface area contributed by atoms with Crippen molar-refractivity contribution in [1.82, 2.24) is 0 Å². The molecular weight excluding hydrogens is 322 g/mol. The molecule has 0 radical (unpaired) electrons. The first-order valence-corrected chi connectivity index (χ1v) is 8.24. The SMILES string of the molecule is O=S(=O)(Cl)c1ccc(OCC(F)F)c(-c2ccccc2)c1. The molecule has 0 atom stereocenters. The Labute approximate surface area is 125 Å². The number of benzene rings is 2. The van der Waals surface area contributed by atoms with Crippen molar-refractivity contribution in [1.29, 1.82) is 0 Å². The lowest BCUT2D eigenvalue weighted by atomic mass is 10.0. The average Bonchev–Trinajstić information content (AvgIpc) is 2.45. The summed E-state index contributed by atoms with van der Waals surface area (Å²) in [4.78, 5) is -0.118. The zero-order valence-electron chi connectivity index (χ0n) is 10.7. The Morgan fingerprint density at radius 3 is 2.33 bits per heavy atom. The van der Waals surface area contributed by atoms with E-state index in [2.05, 4.69) is 0 Å². The molecule has 7 heteroatoms. The van der Waals surface area contributed by atoms with E-state index in [9.17, 15) is 17.2 Å². The maximum Gasteiger partial charge on any atom is 0.272 e. The number of hydrogen-bond acceptors (Lipinski definition) is 3. The van der Waals surface area contributed by atoms with Crippen LogP contribution in [0.2, 0.25) is 0 Å². The molecule has 2 aromatic carbocycles. The van der Waals surface area contributed by atoms with Crippen molar-refractivity contribution < 1.29 is 21.9 Å². The molecular formula is C14H11ClF2O3S. The molecule has 0 aromatic heterocycles. The topological polar surface area (TPSA) is 43.4 Å². The van der Waals surface area contributed by atoms with Crippen molar-refractivity contribution in [3.8, 4) is 16.9 Å². The molecule has 3 nitrogen and oxygen atoms in total. The molecule has 2 rings (SSSR count). The Kier molecular flexibility index (Phi) is 4.80. The Morgan fingerprint density at radius 2 is 1.76 bits per heavy atom. The first-order valence-electron chi connectivity index (χ1n) is 5.93. The van der Waals surface area contributed by atoms with E-state index in [0.717, 1.165) is 0 Å². The molecule has 0 N–H and O–H groups in total. The Hall–Kier alpha value is -1.66. The van der Waals surface area contributed by atoms with Crippen LogP contribution in [0.25, 0.3) is 11.1 Å². The van der Waals surface area contributed by atoms with Gasteiger partial charge in [0.05, 0.1) is 4.90 Å². The zero-order valence-corrected chi connectivity index (χ0v) is 12.2. The minimum absolute atomic E-state index is 0.118. The summed E-state index contributed by atoms with van der Waals surface area (Å²) in [5, 5.41) is 0. The van der Waals surface area contributed by atoms with E-state index in [1.54, 1.807) is 30.3 Å². The largest absolute Gasteiger partial charge is 0.487 e. The lowest BCUT2D eigenvalue weighted by Crippen LogP contribution is -2.08. The molecule has 0 aliphatic carbocycles. The molecule has 0 aliphatic rings. The van der Waals surface area contributed by atoms with Crippen LogP contribution >= 0.6 is 10.7 Å². The fourth-order valence-corrected chi connectivity index (χ4v) is 2.56. The molecule has 0 unspecified atom stereocenters. The Bertz CT molecular complexity index is 718. The van der Waals surface area contributed by atoms with Gasteiger partial charge in [-0.05, 0) is 23.8 Å². The Balaban J connectivity index is 2.50. The quantitative estimate of drug-likeness (QED) is 0.779. The van der Waals surface area contributed by atoms with E-state index in [4.69, 9.17) is 15.4 Å². The van der Waals surface area contributed by atoms with E-state index in [-0.39, 0.29) is 10.6 Å². The second-order valence-electron chi connectivity index (χ2n) is 4.16. The summed E-state index contributed by atoms with van der Waals surface area (Å²) in [6.45, 7) is -0.771. The van der Waals surface area contributed by atoms with Crippen molar-refractivity contribution in [2.75, 3.05) is 6.61 Å². The third-order valence-electron chi connectivity index (χ3n) is 2.68. The summed E-state index contributed by atoms with van der Waals surface area (Å²) >= 11 is 0. The van der Waals surface area contributed by atoms with Crippen LogP contribution < -0.4 is 4.74 Å². The first kappa shape index (κ1) is 15.7. The standard InChI is InChI=1S/C14H11ClF2O3S/c15-21(18,19)11-6-7-13(20-9-14(16)17)12(8-11)10-4-2-1-3-5-10/h1-8,14H,9H2. The maximum atomic E-state index is 12.3. The minimum atomic E-state index is -3.91. The van der Waals surface area contributed by atoms with E-state index >= 15 is 0 Å². The van der Waals surface area contributed by atoms with Gasteiger partial charge < -0.3 is 4.74 Å². The van der Waals surface area contributed by atoms with E-state index in [1.165, 1.54) is 18.2 Å². The zero-order chi connectivity index (χ0) is 15.5. The molecule has 0 bridgehead atoms. The second kappa shape index (κ2) is 6.41. The smallest absolute Gasteiger partial charge is 0.272 e. The number of rotatable bonds is 5. The van der Waals surface area contributed by atoms with Crippen LogP contribution in [-0.4, -0.2) is 21.5 Å². The lowest BCUT2D eigenvalue weighted by molar-refractivity contribution is 0.0821. The van der Waals surface area contributed by atoms with E-state index in [0.29, 0.717) is 11.1 Å². The van der Waals surface area contributed by atoms with Gasteiger partial charge in [0, 0.05) is 16.2 Å². The van der Waals surface area contributed by atoms with Crippen molar-refractivity contribution in [3.05, 3.63) is 48.5 Å². The third kappa shape index (κ3) is 4.15. The highest BCUT2D eigenvalue weighted by Gasteiger charge is 2.16. The summed E-state index contributed by atoms with van der Waals surface area (Å²) in [6, 6.07) is 12.5. The van der Waals surface area contributed by atoms with Crippen molar-refractivity contribution in [2.24, 2.45) is 0 Å². The number of alkyl halides is 2. The van der Waals surface area contributed by atoms with Crippen LogP contribution in [0.3, 0.4) is 0 Å². The van der Waals surface area contributed by atoms with Crippen LogP contribution in [0.5, 0.6) is 5.75 Å². The summed E-state index contributed by atoms with van der Waals surface area (Å²) in [7, 11) is 1.40. The lowest BCUT2D eigenvalue weighted by Gasteiger charge is -2.12. The fourth-order valence-electron chi connectivity index (χ4n) is 1.78.